The van der Waals surface area contributed by atoms with Gasteiger partial charge in [0.15, 0.2) is 5.13 Å². The zero-order chi connectivity index (χ0) is 20.3. The number of fused-ring (bicyclic) bond motifs is 1. The van der Waals surface area contributed by atoms with E-state index in [1.807, 2.05) is 31.3 Å². The number of anilines is 2. The first kappa shape index (κ1) is 20.3. The molecule has 0 spiro atoms. The highest BCUT2D eigenvalue weighted by molar-refractivity contribution is 7.22. The summed E-state index contributed by atoms with van der Waals surface area (Å²) in [4.78, 5) is 19.5. The fourth-order valence-corrected chi connectivity index (χ4v) is 4.15. The summed E-state index contributed by atoms with van der Waals surface area (Å²) in [5, 5.41) is 11.2. The number of nitrogens with zero attached hydrogens (tertiary/aromatic N) is 4. The molecule has 0 unspecified atom stereocenters. The lowest BCUT2D eigenvalue weighted by molar-refractivity contribution is 0.0939. The van der Waals surface area contributed by atoms with Gasteiger partial charge in [0.2, 0.25) is 0 Å². The summed E-state index contributed by atoms with van der Waals surface area (Å²) in [6.07, 6.45) is 1.73. The van der Waals surface area contributed by atoms with Crippen molar-refractivity contribution in [3.63, 3.8) is 0 Å². The number of carbonyl (C=O) groups is 1. The minimum absolute atomic E-state index is 0.0519. The lowest BCUT2D eigenvalue weighted by atomic mass is 10.2. The summed E-state index contributed by atoms with van der Waals surface area (Å²) in [5.74, 6) is 0.820. The first-order valence-electron chi connectivity index (χ1n) is 9.54. The molecule has 0 saturated carbocycles. The van der Waals surface area contributed by atoms with Gasteiger partial charge in [-0.15, -0.1) is 0 Å². The number of aryl methyl sites for hydroxylation is 1. The SMILES string of the molecule is CC(C)N(CCNC(=O)c1ccc2nc(Nc3ccnn3C)sc2c1)C(C)C. The number of hydrogen-bond donors (Lipinski definition) is 2. The summed E-state index contributed by atoms with van der Waals surface area (Å²) in [7, 11) is 1.87. The van der Waals surface area contributed by atoms with E-state index in [2.05, 4.69) is 53.3 Å². The topological polar surface area (TPSA) is 75.1 Å². The van der Waals surface area contributed by atoms with Gasteiger partial charge in [0.25, 0.3) is 5.91 Å². The second-order valence-corrected chi connectivity index (χ2v) is 8.38. The Morgan fingerprint density at radius 1 is 1.21 bits per heavy atom. The normalized spacial score (nSPS) is 11.7. The molecular formula is C20H28N6OS. The van der Waals surface area contributed by atoms with Gasteiger partial charge in [-0.25, -0.2) is 4.98 Å². The maximum Gasteiger partial charge on any atom is 0.251 e. The largest absolute Gasteiger partial charge is 0.351 e. The molecule has 1 aromatic carbocycles. The molecule has 0 aliphatic rings. The van der Waals surface area contributed by atoms with Crippen LogP contribution in [0.4, 0.5) is 10.9 Å². The van der Waals surface area contributed by atoms with Gasteiger partial charge in [-0.1, -0.05) is 11.3 Å². The van der Waals surface area contributed by atoms with Crippen LogP contribution >= 0.6 is 11.3 Å². The average Bonchev–Trinajstić information content (AvgIpc) is 3.23. The van der Waals surface area contributed by atoms with Gasteiger partial charge < -0.3 is 10.6 Å². The molecule has 28 heavy (non-hydrogen) atoms. The summed E-state index contributed by atoms with van der Waals surface area (Å²) in [6, 6.07) is 8.42. The van der Waals surface area contributed by atoms with Crippen LogP contribution < -0.4 is 10.6 Å². The van der Waals surface area contributed by atoms with Crippen LogP contribution in [-0.2, 0) is 7.05 Å². The number of rotatable bonds is 8. The number of nitrogens with one attached hydrogen (secondary N) is 2. The molecule has 150 valence electrons. The van der Waals surface area contributed by atoms with Crippen LogP contribution in [0.1, 0.15) is 38.1 Å². The van der Waals surface area contributed by atoms with Gasteiger partial charge in [-0.2, -0.15) is 5.10 Å². The van der Waals surface area contributed by atoms with Gasteiger partial charge in [0.1, 0.15) is 5.82 Å². The Balaban J connectivity index is 1.64. The lowest BCUT2D eigenvalue weighted by Gasteiger charge is -2.30. The van der Waals surface area contributed by atoms with Crippen molar-refractivity contribution >= 4 is 38.4 Å². The van der Waals surface area contributed by atoms with Crippen molar-refractivity contribution in [2.75, 3.05) is 18.4 Å². The molecule has 3 aromatic rings. The van der Waals surface area contributed by atoms with Crippen LogP contribution in [0.2, 0.25) is 0 Å². The first-order chi connectivity index (χ1) is 13.3. The maximum absolute atomic E-state index is 12.5. The molecule has 7 nitrogen and oxygen atoms in total. The molecular weight excluding hydrogens is 372 g/mol. The Morgan fingerprint density at radius 2 is 1.96 bits per heavy atom. The van der Waals surface area contributed by atoms with E-state index in [-0.39, 0.29) is 5.91 Å². The minimum atomic E-state index is -0.0519. The molecule has 2 aromatic heterocycles. The predicted octanol–water partition coefficient (Wildman–Crippen LogP) is 3.62. The molecule has 0 radical (unpaired) electrons. The lowest BCUT2D eigenvalue weighted by Crippen LogP contribution is -2.42. The molecule has 0 aliphatic heterocycles. The van der Waals surface area contributed by atoms with Crippen molar-refractivity contribution in [2.24, 2.45) is 7.05 Å². The van der Waals surface area contributed by atoms with Gasteiger partial charge in [0.05, 0.1) is 16.4 Å². The fourth-order valence-electron chi connectivity index (χ4n) is 3.24. The zero-order valence-electron chi connectivity index (χ0n) is 17.1. The highest BCUT2D eigenvalue weighted by Crippen LogP contribution is 2.28. The van der Waals surface area contributed by atoms with E-state index in [1.54, 1.807) is 10.9 Å². The van der Waals surface area contributed by atoms with Crippen LogP contribution in [0.5, 0.6) is 0 Å². The van der Waals surface area contributed by atoms with Gasteiger partial charge >= 0.3 is 0 Å². The van der Waals surface area contributed by atoms with E-state index in [4.69, 9.17) is 0 Å². The van der Waals surface area contributed by atoms with E-state index in [0.717, 1.165) is 27.7 Å². The Hall–Kier alpha value is -2.45. The van der Waals surface area contributed by atoms with Crippen LogP contribution in [-0.4, -0.2) is 50.7 Å². The van der Waals surface area contributed by atoms with Crippen molar-refractivity contribution in [3.8, 4) is 0 Å². The molecule has 8 heteroatoms. The van der Waals surface area contributed by atoms with Crippen molar-refractivity contribution in [3.05, 3.63) is 36.0 Å². The number of amides is 1. The molecule has 0 aliphatic carbocycles. The highest BCUT2D eigenvalue weighted by Gasteiger charge is 2.14. The van der Waals surface area contributed by atoms with Gasteiger partial charge in [-0.05, 0) is 45.9 Å². The molecule has 0 bridgehead atoms. The molecule has 3 rings (SSSR count). The van der Waals surface area contributed by atoms with Crippen LogP contribution in [0.25, 0.3) is 10.2 Å². The maximum atomic E-state index is 12.5. The first-order valence-corrected chi connectivity index (χ1v) is 10.4. The Labute approximate surface area is 169 Å². The second-order valence-electron chi connectivity index (χ2n) is 7.35. The van der Waals surface area contributed by atoms with Crippen molar-refractivity contribution < 1.29 is 4.79 Å². The second kappa shape index (κ2) is 8.70. The van der Waals surface area contributed by atoms with Gasteiger partial charge in [0, 0.05) is 43.9 Å². The third kappa shape index (κ3) is 4.69. The van der Waals surface area contributed by atoms with Crippen molar-refractivity contribution in [2.45, 2.75) is 39.8 Å². The number of carbonyl (C=O) groups excluding carboxylic acids is 1. The third-order valence-corrected chi connectivity index (χ3v) is 5.62. The Morgan fingerprint density at radius 3 is 2.61 bits per heavy atom. The van der Waals surface area contributed by atoms with Crippen molar-refractivity contribution in [1.29, 1.82) is 0 Å². The van der Waals surface area contributed by atoms with E-state index in [9.17, 15) is 4.79 Å². The van der Waals surface area contributed by atoms with E-state index >= 15 is 0 Å². The molecule has 0 saturated heterocycles. The Bertz CT molecular complexity index is 937. The summed E-state index contributed by atoms with van der Waals surface area (Å²) >= 11 is 1.52. The third-order valence-electron chi connectivity index (χ3n) is 4.69. The zero-order valence-corrected chi connectivity index (χ0v) is 17.9. The highest BCUT2D eigenvalue weighted by atomic mass is 32.1. The Kier molecular flexibility index (Phi) is 6.31. The van der Waals surface area contributed by atoms with Crippen LogP contribution in [0.15, 0.2) is 30.5 Å². The molecule has 2 heterocycles. The quantitative estimate of drug-likeness (QED) is 0.604. The molecule has 2 N–H and O–H groups in total. The van der Waals surface area contributed by atoms with Gasteiger partial charge in [-0.3, -0.25) is 14.4 Å². The standard InChI is InChI=1S/C20H28N6OS/c1-13(2)26(14(3)4)11-10-21-19(27)15-6-7-16-17(12-15)28-20(23-16)24-18-8-9-22-25(18)5/h6-9,12-14H,10-11H2,1-5H3,(H,21,27)(H,23,24). The molecule has 1 amide bonds. The number of benzene rings is 1. The van der Waals surface area contributed by atoms with E-state index in [0.29, 0.717) is 24.2 Å². The van der Waals surface area contributed by atoms with E-state index in [1.165, 1.54) is 11.3 Å². The predicted molar refractivity (Wildman–Crippen MR) is 115 cm³/mol. The number of hydrogen-bond acceptors (Lipinski definition) is 6. The van der Waals surface area contributed by atoms with Crippen molar-refractivity contribution in [1.82, 2.24) is 25.0 Å². The smallest absolute Gasteiger partial charge is 0.251 e. The number of thiazole rings is 1. The van der Waals surface area contributed by atoms with Crippen LogP contribution in [0, 0.1) is 0 Å². The minimum Gasteiger partial charge on any atom is -0.351 e. The monoisotopic (exact) mass is 400 g/mol. The number of aromatic nitrogens is 3. The fraction of sp³-hybridized carbons (Fsp3) is 0.450. The van der Waals surface area contributed by atoms with E-state index < -0.39 is 0 Å². The summed E-state index contributed by atoms with van der Waals surface area (Å²) in [6.45, 7) is 10.2. The molecule has 0 atom stereocenters. The molecule has 0 fully saturated rings. The summed E-state index contributed by atoms with van der Waals surface area (Å²) < 4.78 is 2.73. The average molecular weight is 401 g/mol. The van der Waals surface area contributed by atoms with Crippen LogP contribution in [0.3, 0.4) is 0 Å². The summed E-state index contributed by atoms with van der Waals surface area (Å²) in [5.41, 5.74) is 1.53.